The number of halogens is 3. The van der Waals surface area contributed by atoms with Gasteiger partial charge in [-0.1, -0.05) is 71.5 Å². The summed E-state index contributed by atoms with van der Waals surface area (Å²) in [4.78, 5) is 28.3. The number of carbonyl (C=O) groups excluding carboxylic acids is 1. The number of amides is 2. The maximum atomic E-state index is 13.8. The molecule has 0 saturated carbocycles. The molecule has 14 heteroatoms. The standard InChI is InChI=1S/C32H29ClF2N6O3S2/c33-30-29(24-3-1-21(2-4-24)19-38-46(43)44)39-31(45-30)40-32(42)41(17-13-27-20-36-15-16-37-27)18-14-28(22-5-9-25(34)10-6-22)23-7-11-26(35)12-8-23/h1-12,15-16,20,28,38H,13-14,17-19H2,(H,43,44)(H,39,40,42). The van der Waals surface area contributed by atoms with Crippen LogP contribution in [0.4, 0.5) is 18.7 Å². The Balaban J connectivity index is 1.34. The number of benzene rings is 3. The van der Waals surface area contributed by atoms with Gasteiger partial charge in [0.05, 0.1) is 5.69 Å². The molecule has 1 atom stereocenters. The highest BCUT2D eigenvalue weighted by molar-refractivity contribution is 7.77. The predicted molar refractivity (Wildman–Crippen MR) is 176 cm³/mol. The van der Waals surface area contributed by atoms with Gasteiger partial charge in [0.2, 0.25) is 11.3 Å². The number of hydrogen-bond donors (Lipinski definition) is 3. The summed E-state index contributed by atoms with van der Waals surface area (Å²) in [6.07, 6.45) is 5.74. The summed E-state index contributed by atoms with van der Waals surface area (Å²) in [7, 11) is 0. The number of nitrogens with one attached hydrogen (secondary N) is 2. The number of nitrogens with zero attached hydrogens (tertiary/aromatic N) is 4. The van der Waals surface area contributed by atoms with Crippen LogP contribution in [0, 0.1) is 11.6 Å². The number of carbonyl (C=O) groups is 1. The van der Waals surface area contributed by atoms with E-state index in [1.807, 2.05) is 0 Å². The maximum absolute atomic E-state index is 13.8. The fourth-order valence-electron chi connectivity index (χ4n) is 4.85. The molecule has 2 aromatic heterocycles. The van der Waals surface area contributed by atoms with Crippen molar-refractivity contribution in [2.45, 2.75) is 25.3 Å². The van der Waals surface area contributed by atoms with Crippen molar-refractivity contribution in [3.05, 3.63) is 130 Å². The first-order valence-electron chi connectivity index (χ1n) is 14.2. The average Bonchev–Trinajstić information content (AvgIpc) is 3.43. The summed E-state index contributed by atoms with van der Waals surface area (Å²) >= 11 is 5.53. The van der Waals surface area contributed by atoms with Crippen molar-refractivity contribution in [3.8, 4) is 11.3 Å². The Morgan fingerprint density at radius 2 is 1.61 bits per heavy atom. The Kier molecular flexibility index (Phi) is 11.5. The molecule has 238 valence electrons. The minimum atomic E-state index is -2.12. The first-order chi connectivity index (χ1) is 22.2. The van der Waals surface area contributed by atoms with Gasteiger partial charge in [0.1, 0.15) is 21.7 Å². The van der Waals surface area contributed by atoms with Crippen LogP contribution in [0.15, 0.2) is 91.4 Å². The molecule has 1 unspecified atom stereocenters. The highest BCUT2D eigenvalue weighted by Gasteiger charge is 2.22. The Morgan fingerprint density at radius 1 is 0.957 bits per heavy atom. The summed E-state index contributed by atoms with van der Waals surface area (Å²) in [5.74, 6) is -0.953. The molecule has 2 amide bonds. The molecule has 5 aromatic rings. The van der Waals surface area contributed by atoms with E-state index in [1.54, 1.807) is 72.0 Å². The maximum Gasteiger partial charge on any atom is 0.323 e. The highest BCUT2D eigenvalue weighted by atomic mass is 35.5. The second-order valence-electron chi connectivity index (χ2n) is 10.2. The number of aromatic nitrogens is 3. The molecule has 0 spiro atoms. The van der Waals surface area contributed by atoms with Crippen LogP contribution < -0.4 is 10.0 Å². The van der Waals surface area contributed by atoms with Crippen LogP contribution >= 0.6 is 22.9 Å². The molecular weight excluding hydrogens is 654 g/mol. The third kappa shape index (κ3) is 9.21. The molecule has 2 heterocycles. The lowest BCUT2D eigenvalue weighted by Crippen LogP contribution is -2.38. The zero-order chi connectivity index (χ0) is 32.5. The topological polar surface area (TPSA) is 120 Å². The largest absolute Gasteiger partial charge is 0.324 e. The van der Waals surface area contributed by atoms with Gasteiger partial charge in [0.25, 0.3) is 0 Å². The molecule has 0 aliphatic heterocycles. The van der Waals surface area contributed by atoms with E-state index in [0.29, 0.717) is 41.1 Å². The quantitative estimate of drug-likeness (QED) is 0.114. The van der Waals surface area contributed by atoms with Gasteiger partial charge in [-0.2, -0.15) is 0 Å². The molecule has 0 fully saturated rings. The van der Waals surface area contributed by atoms with Crippen molar-refractivity contribution in [2.75, 3.05) is 18.4 Å². The molecule has 0 radical (unpaired) electrons. The molecule has 0 bridgehead atoms. The molecule has 5 rings (SSSR count). The van der Waals surface area contributed by atoms with E-state index in [4.69, 9.17) is 16.2 Å². The summed E-state index contributed by atoms with van der Waals surface area (Å²) in [6.45, 7) is 0.846. The first kappa shape index (κ1) is 33.2. The first-order valence-corrected chi connectivity index (χ1v) is 16.5. The Bertz CT molecular complexity index is 1720. The van der Waals surface area contributed by atoms with Crippen molar-refractivity contribution < 1.29 is 22.3 Å². The monoisotopic (exact) mass is 682 g/mol. The van der Waals surface area contributed by atoms with Gasteiger partial charge >= 0.3 is 6.03 Å². The lowest BCUT2D eigenvalue weighted by Gasteiger charge is -2.26. The minimum Gasteiger partial charge on any atom is -0.324 e. The van der Waals surface area contributed by atoms with E-state index in [0.717, 1.165) is 39.3 Å². The predicted octanol–water partition coefficient (Wildman–Crippen LogP) is 7.06. The van der Waals surface area contributed by atoms with E-state index in [1.165, 1.54) is 24.3 Å². The molecular formula is C32H29ClF2N6O3S2. The Morgan fingerprint density at radius 3 is 2.20 bits per heavy atom. The van der Waals surface area contributed by atoms with Crippen molar-refractivity contribution >= 4 is 45.4 Å². The summed E-state index contributed by atoms with van der Waals surface area (Å²) in [5, 5.41) is 3.18. The number of urea groups is 1. The zero-order valence-corrected chi connectivity index (χ0v) is 26.7. The number of rotatable bonds is 13. The minimum absolute atomic E-state index is 0.211. The molecule has 0 aliphatic carbocycles. The van der Waals surface area contributed by atoms with E-state index in [-0.39, 0.29) is 24.1 Å². The van der Waals surface area contributed by atoms with Crippen LogP contribution in [0.5, 0.6) is 0 Å². The van der Waals surface area contributed by atoms with Crippen LogP contribution in [0.25, 0.3) is 11.3 Å². The third-order valence-electron chi connectivity index (χ3n) is 7.20. The van der Waals surface area contributed by atoms with E-state index < -0.39 is 17.3 Å². The molecule has 0 aliphatic rings. The molecule has 9 nitrogen and oxygen atoms in total. The SMILES string of the molecule is O=C(Nc1nc(-c2ccc(CNS(=O)O)cc2)c(Cl)s1)N(CCc1cnccn1)CCC(c1ccc(F)cc1)c1ccc(F)cc1. The molecule has 46 heavy (non-hydrogen) atoms. The van der Waals surface area contributed by atoms with Crippen LogP contribution in [0.1, 0.15) is 34.7 Å². The van der Waals surface area contributed by atoms with E-state index in [2.05, 4.69) is 25.0 Å². The third-order valence-corrected chi connectivity index (χ3v) is 8.76. The lowest BCUT2D eigenvalue weighted by atomic mass is 9.88. The number of anilines is 1. The number of thiazole rings is 1. The Labute approximate surface area is 276 Å². The Hall–Kier alpha value is -4.14. The second-order valence-corrected chi connectivity index (χ2v) is 12.6. The summed E-state index contributed by atoms with van der Waals surface area (Å²) in [5.41, 5.74) is 4.40. The van der Waals surface area contributed by atoms with Crippen LogP contribution in [-0.2, 0) is 24.2 Å². The molecule has 3 aromatic carbocycles. The van der Waals surface area contributed by atoms with Crippen molar-refractivity contribution in [3.63, 3.8) is 0 Å². The summed E-state index contributed by atoms with van der Waals surface area (Å²) < 4.78 is 50.1. The summed E-state index contributed by atoms with van der Waals surface area (Å²) in [6, 6.07) is 19.1. The van der Waals surface area contributed by atoms with Gasteiger partial charge in [-0.25, -0.2) is 27.5 Å². The van der Waals surface area contributed by atoms with Gasteiger partial charge in [0.15, 0.2) is 5.13 Å². The van der Waals surface area contributed by atoms with Crippen molar-refractivity contribution in [1.29, 1.82) is 0 Å². The van der Waals surface area contributed by atoms with E-state index >= 15 is 0 Å². The average molecular weight is 683 g/mol. The van der Waals surface area contributed by atoms with Gasteiger partial charge in [-0.3, -0.25) is 19.8 Å². The van der Waals surface area contributed by atoms with Crippen LogP contribution in [-0.4, -0.2) is 47.7 Å². The van der Waals surface area contributed by atoms with Gasteiger partial charge < -0.3 is 4.90 Å². The molecule has 3 N–H and O–H groups in total. The van der Waals surface area contributed by atoms with Crippen molar-refractivity contribution in [2.24, 2.45) is 0 Å². The van der Waals surface area contributed by atoms with Crippen molar-refractivity contribution in [1.82, 2.24) is 24.6 Å². The fourth-order valence-corrected chi connectivity index (χ4v) is 6.22. The van der Waals surface area contributed by atoms with E-state index in [9.17, 15) is 17.8 Å². The van der Waals surface area contributed by atoms with Crippen LogP contribution in [0.2, 0.25) is 4.34 Å². The smallest absolute Gasteiger partial charge is 0.323 e. The highest BCUT2D eigenvalue weighted by Crippen LogP contribution is 2.35. The zero-order valence-electron chi connectivity index (χ0n) is 24.3. The lowest BCUT2D eigenvalue weighted by molar-refractivity contribution is 0.210. The van der Waals surface area contributed by atoms with Crippen LogP contribution in [0.3, 0.4) is 0 Å². The normalized spacial score (nSPS) is 11.8. The molecule has 0 saturated heterocycles. The van der Waals surface area contributed by atoms with Gasteiger partial charge in [-0.05, 0) is 47.4 Å². The fraction of sp³-hybridized carbons (Fsp3) is 0.188. The second kappa shape index (κ2) is 15.9. The van der Waals surface area contributed by atoms with Gasteiger partial charge in [-0.15, -0.1) is 0 Å². The van der Waals surface area contributed by atoms with Gasteiger partial charge in [0, 0.05) is 56.1 Å². The number of hydrogen-bond acceptors (Lipinski definition) is 6.